The maximum Gasteiger partial charge on any atom is 0.338 e. The van der Waals surface area contributed by atoms with Crippen LogP contribution in [0.25, 0.3) is 0 Å². The molecule has 0 aliphatic carbocycles. The first kappa shape index (κ1) is 17.2. The molecule has 2 rings (SSSR count). The van der Waals surface area contributed by atoms with E-state index in [1.807, 2.05) is 6.07 Å². The van der Waals surface area contributed by atoms with E-state index in [4.69, 9.17) is 15.1 Å². The Morgan fingerprint density at radius 3 is 2.50 bits per heavy atom. The van der Waals surface area contributed by atoms with Gasteiger partial charge in [-0.15, -0.1) is 0 Å². The second-order valence-electron chi connectivity index (χ2n) is 5.05. The minimum absolute atomic E-state index is 0.119. The smallest absolute Gasteiger partial charge is 0.338 e. The zero-order valence-electron chi connectivity index (χ0n) is 13.0. The number of aliphatic hydroxyl groups is 1. The number of hydrogen-bond acceptors (Lipinski definition) is 5. The van der Waals surface area contributed by atoms with Gasteiger partial charge >= 0.3 is 5.97 Å². The van der Waals surface area contributed by atoms with Crippen LogP contribution in [-0.2, 0) is 16.1 Å². The Bertz CT molecular complexity index is 778. The van der Waals surface area contributed by atoms with Crippen molar-refractivity contribution in [2.45, 2.75) is 19.6 Å². The van der Waals surface area contributed by atoms with Crippen molar-refractivity contribution in [1.29, 1.82) is 5.26 Å². The number of esters is 1. The molecule has 6 heteroatoms. The molecule has 0 unspecified atom stereocenters. The van der Waals surface area contributed by atoms with Crippen LogP contribution >= 0.6 is 0 Å². The lowest BCUT2D eigenvalue weighted by molar-refractivity contribution is -0.123. The van der Waals surface area contributed by atoms with Crippen LogP contribution in [0, 0.1) is 11.3 Å². The van der Waals surface area contributed by atoms with Gasteiger partial charge in [-0.05, 0) is 36.8 Å². The summed E-state index contributed by atoms with van der Waals surface area (Å²) < 4.78 is 5.12. The number of ether oxygens (including phenoxy) is 1. The molecule has 2 aromatic rings. The standard InChI is InChI=1S/C18H16N2O4/c1-12(17(22)20-16-5-3-2-4-15(16)10-19)24-18(23)14-8-6-13(11-21)7-9-14/h2-9,12,21H,11H2,1H3,(H,20,22)/t12-/m1/s1. The number of aliphatic hydroxyl groups excluding tert-OH is 1. The minimum Gasteiger partial charge on any atom is -0.449 e. The largest absolute Gasteiger partial charge is 0.449 e. The quantitative estimate of drug-likeness (QED) is 0.822. The SMILES string of the molecule is C[C@@H](OC(=O)c1ccc(CO)cc1)C(=O)Nc1ccccc1C#N. The third-order valence-electron chi connectivity index (χ3n) is 3.33. The fourth-order valence-corrected chi connectivity index (χ4v) is 1.95. The lowest BCUT2D eigenvalue weighted by atomic mass is 10.1. The molecular weight excluding hydrogens is 308 g/mol. The average Bonchev–Trinajstić information content (AvgIpc) is 2.62. The third-order valence-corrected chi connectivity index (χ3v) is 3.33. The van der Waals surface area contributed by atoms with Crippen LogP contribution in [0.2, 0.25) is 0 Å². The maximum absolute atomic E-state index is 12.1. The highest BCUT2D eigenvalue weighted by Crippen LogP contribution is 2.14. The Balaban J connectivity index is 2.00. The highest BCUT2D eigenvalue weighted by molar-refractivity contribution is 5.98. The van der Waals surface area contributed by atoms with Gasteiger partial charge in [0.2, 0.25) is 0 Å². The van der Waals surface area contributed by atoms with Gasteiger partial charge in [0.15, 0.2) is 6.10 Å². The minimum atomic E-state index is -1.03. The van der Waals surface area contributed by atoms with E-state index in [9.17, 15) is 9.59 Å². The van der Waals surface area contributed by atoms with Crippen molar-refractivity contribution in [3.8, 4) is 6.07 Å². The van der Waals surface area contributed by atoms with Gasteiger partial charge in [0.25, 0.3) is 5.91 Å². The Hall–Kier alpha value is -3.17. The molecule has 1 atom stereocenters. The highest BCUT2D eigenvalue weighted by Gasteiger charge is 2.19. The van der Waals surface area contributed by atoms with Crippen molar-refractivity contribution in [1.82, 2.24) is 0 Å². The van der Waals surface area contributed by atoms with Gasteiger partial charge in [0, 0.05) is 0 Å². The number of anilines is 1. The van der Waals surface area contributed by atoms with Crippen molar-refractivity contribution in [3.63, 3.8) is 0 Å². The Kier molecular flexibility index (Phi) is 5.66. The van der Waals surface area contributed by atoms with Crippen molar-refractivity contribution < 1.29 is 19.4 Å². The number of carbonyl (C=O) groups is 2. The van der Waals surface area contributed by atoms with Gasteiger partial charge in [-0.3, -0.25) is 4.79 Å². The highest BCUT2D eigenvalue weighted by atomic mass is 16.5. The topological polar surface area (TPSA) is 99.4 Å². The van der Waals surface area contributed by atoms with Crippen LogP contribution in [0.4, 0.5) is 5.69 Å². The first-order valence-corrected chi connectivity index (χ1v) is 7.26. The summed E-state index contributed by atoms with van der Waals surface area (Å²) in [5.41, 5.74) is 1.64. The second-order valence-corrected chi connectivity index (χ2v) is 5.05. The predicted molar refractivity (Wildman–Crippen MR) is 87.0 cm³/mol. The number of para-hydroxylation sites is 1. The van der Waals surface area contributed by atoms with Crippen LogP contribution in [-0.4, -0.2) is 23.1 Å². The Morgan fingerprint density at radius 2 is 1.88 bits per heavy atom. The first-order chi connectivity index (χ1) is 11.5. The van der Waals surface area contributed by atoms with Crippen molar-refractivity contribution in [2.75, 3.05) is 5.32 Å². The van der Waals surface area contributed by atoms with Crippen LogP contribution in [0.15, 0.2) is 48.5 Å². The lowest BCUT2D eigenvalue weighted by Crippen LogP contribution is -2.30. The van der Waals surface area contributed by atoms with E-state index in [0.29, 0.717) is 16.8 Å². The monoisotopic (exact) mass is 324 g/mol. The van der Waals surface area contributed by atoms with Gasteiger partial charge in [-0.2, -0.15) is 5.26 Å². The molecule has 1 amide bonds. The van der Waals surface area contributed by atoms with Crippen LogP contribution < -0.4 is 5.32 Å². The van der Waals surface area contributed by atoms with Gasteiger partial charge in [0.1, 0.15) is 6.07 Å². The molecule has 0 aliphatic heterocycles. The Labute approximate surface area is 139 Å². The molecule has 6 nitrogen and oxygen atoms in total. The van der Waals surface area contributed by atoms with E-state index in [1.165, 1.54) is 19.1 Å². The van der Waals surface area contributed by atoms with Crippen molar-refractivity contribution in [2.24, 2.45) is 0 Å². The van der Waals surface area contributed by atoms with Crippen molar-refractivity contribution >= 4 is 17.6 Å². The van der Waals surface area contributed by atoms with Gasteiger partial charge < -0.3 is 15.2 Å². The van der Waals surface area contributed by atoms with E-state index in [0.717, 1.165) is 0 Å². The summed E-state index contributed by atoms with van der Waals surface area (Å²) in [4.78, 5) is 24.1. The molecule has 0 aromatic heterocycles. The van der Waals surface area contributed by atoms with E-state index in [2.05, 4.69) is 5.32 Å². The molecule has 0 bridgehead atoms. The molecule has 0 saturated heterocycles. The summed E-state index contributed by atoms with van der Waals surface area (Å²) in [6.45, 7) is 1.33. The summed E-state index contributed by atoms with van der Waals surface area (Å²) in [6.07, 6.45) is -1.03. The average molecular weight is 324 g/mol. The number of hydrogen-bond donors (Lipinski definition) is 2. The Morgan fingerprint density at radius 1 is 1.21 bits per heavy atom. The predicted octanol–water partition coefficient (Wildman–Crippen LogP) is 2.23. The fraction of sp³-hybridized carbons (Fsp3) is 0.167. The van der Waals surface area contributed by atoms with Gasteiger partial charge in [0.05, 0.1) is 23.4 Å². The van der Waals surface area contributed by atoms with E-state index >= 15 is 0 Å². The zero-order valence-corrected chi connectivity index (χ0v) is 13.0. The number of nitrogens with one attached hydrogen (secondary N) is 1. The second kappa shape index (κ2) is 7.90. The van der Waals surface area contributed by atoms with Gasteiger partial charge in [-0.1, -0.05) is 24.3 Å². The van der Waals surface area contributed by atoms with Crippen molar-refractivity contribution in [3.05, 3.63) is 65.2 Å². The molecule has 24 heavy (non-hydrogen) atoms. The van der Waals surface area contributed by atoms with Crippen LogP contribution in [0.5, 0.6) is 0 Å². The number of benzene rings is 2. The molecule has 0 fully saturated rings. The molecule has 0 aliphatic rings. The molecule has 0 spiro atoms. The zero-order chi connectivity index (χ0) is 17.5. The normalized spacial score (nSPS) is 11.2. The van der Waals surface area contributed by atoms with Crippen LogP contribution in [0.1, 0.15) is 28.4 Å². The summed E-state index contributed by atoms with van der Waals surface area (Å²) >= 11 is 0. The summed E-state index contributed by atoms with van der Waals surface area (Å²) in [5, 5.41) is 20.5. The van der Waals surface area contributed by atoms with Crippen LogP contribution in [0.3, 0.4) is 0 Å². The van der Waals surface area contributed by atoms with Gasteiger partial charge in [-0.25, -0.2) is 4.79 Å². The fourth-order valence-electron chi connectivity index (χ4n) is 1.95. The molecule has 2 aromatic carbocycles. The molecule has 0 saturated carbocycles. The number of carbonyl (C=O) groups excluding carboxylic acids is 2. The first-order valence-electron chi connectivity index (χ1n) is 7.26. The van der Waals surface area contributed by atoms with E-state index < -0.39 is 18.0 Å². The maximum atomic E-state index is 12.1. The van der Waals surface area contributed by atoms with E-state index in [-0.39, 0.29) is 12.2 Å². The van der Waals surface area contributed by atoms with E-state index in [1.54, 1.807) is 36.4 Å². The number of nitrogens with zero attached hydrogens (tertiary/aromatic N) is 1. The molecule has 122 valence electrons. The summed E-state index contributed by atoms with van der Waals surface area (Å²) in [7, 11) is 0. The number of rotatable bonds is 5. The molecular formula is C18H16N2O4. The molecule has 0 radical (unpaired) electrons. The summed E-state index contributed by atoms with van der Waals surface area (Å²) in [6, 6.07) is 14.8. The lowest BCUT2D eigenvalue weighted by Gasteiger charge is -2.14. The molecule has 2 N–H and O–H groups in total. The molecule has 0 heterocycles. The number of nitriles is 1. The third kappa shape index (κ3) is 4.18. The summed E-state index contributed by atoms with van der Waals surface area (Å²) in [5.74, 6) is -1.17. The number of amides is 1.